The lowest BCUT2D eigenvalue weighted by molar-refractivity contribution is -0.127. The number of ether oxygens (including phenoxy) is 1. The summed E-state index contributed by atoms with van der Waals surface area (Å²) >= 11 is 0. The molecule has 1 aromatic rings. The number of amides is 1. The van der Waals surface area contributed by atoms with E-state index in [1.807, 2.05) is 18.2 Å². The van der Waals surface area contributed by atoms with Crippen LogP contribution in [0.5, 0.6) is 5.75 Å². The summed E-state index contributed by atoms with van der Waals surface area (Å²) in [7, 11) is -3.25. The van der Waals surface area contributed by atoms with Crippen LogP contribution < -0.4 is 15.4 Å². The Labute approximate surface area is 124 Å². The normalized spacial score (nSPS) is 18.1. The number of benzene rings is 1. The lowest BCUT2D eigenvalue weighted by Gasteiger charge is -2.28. The Morgan fingerprint density at radius 1 is 1.43 bits per heavy atom. The molecule has 116 valence electrons. The van der Waals surface area contributed by atoms with Crippen molar-refractivity contribution in [1.29, 1.82) is 0 Å². The third-order valence-corrected chi connectivity index (χ3v) is 5.77. The van der Waals surface area contributed by atoms with Crippen molar-refractivity contribution in [1.82, 2.24) is 5.32 Å². The summed E-state index contributed by atoms with van der Waals surface area (Å²) in [4.78, 5) is 12.1. The first-order valence-electron chi connectivity index (χ1n) is 6.67. The van der Waals surface area contributed by atoms with Gasteiger partial charge >= 0.3 is 0 Å². The standard InChI is InChI=1S/C14H20N2O4S/c1-14(2,21(3,18)19)9-16-13(17)12-8-15-10-6-4-5-7-11(10)20-12/h4-7,12,15H,8-9H2,1-3H3,(H,16,17). The molecule has 1 aliphatic heterocycles. The Morgan fingerprint density at radius 2 is 2.10 bits per heavy atom. The molecule has 0 radical (unpaired) electrons. The third-order valence-electron chi connectivity index (χ3n) is 3.62. The van der Waals surface area contributed by atoms with Gasteiger partial charge in [-0.1, -0.05) is 12.1 Å². The molecule has 1 aliphatic rings. The van der Waals surface area contributed by atoms with Crippen LogP contribution >= 0.6 is 0 Å². The van der Waals surface area contributed by atoms with Crippen LogP contribution in [0.3, 0.4) is 0 Å². The van der Waals surface area contributed by atoms with Crippen LogP contribution in [0.15, 0.2) is 24.3 Å². The van der Waals surface area contributed by atoms with E-state index in [2.05, 4.69) is 10.6 Å². The minimum atomic E-state index is -3.25. The molecule has 2 rings (SSSR count). The average Bonchev–Trinajstić information content (AvgIpc) is 2.43. The number of nitrogens with one attached hydrogen (secondary N) is 2. The number of carbonyl (C=O) groups excluding carboxylic acids is 1. The van der Waals surface area contributed by atoms with E-state index in [9.17, 15) is 13.2 Å². The van der Waals surface area contributed by atoms with E-state index in [4.69, 9.17) is 4.74 Å². The second-order valence-corrected chi connectivity index (χ2v) is 8.38. The summed E-state index contributed by atoms with van der Waals surface area (Å²) in [6.45, 7) is 3.56. The van der Waals surface area contributed by atoms with Gasteiger partial charge in [0.2, 0.25) is 0 Å². The average molecular weight is 312 g/mol. The van der Waals surface area contributed by atoms with Crippen LogP contribution in [0.4, 0.5) is 5.69 Å². The molecule has 0 aliphatic carbocycles. The van der Waals surface area contributed by atoms with Crippen molar-refractivity contribution in [3.63, 3.8) is 0 Å². The van der Waals surface area contributed by atoms with Gasteiger partial charge in [-0.2, -0.15) is 0 Å². The van der Waals surface area contributed by atoms with Crippen molar-refractivity contribution in [2.75, 3.05) is 24.7 Å². The molecule has 0 saturated carbocycles. The second-order valence-electron chi connectivity index (χ2n) is 5.73. The van der Waals surface area contributed by atoms with Gasteiger partial charge in [0.05, 0.1) is 17.0 Å². The van der Waals surface area contributed by atoms with E-state index in [0.29, 0.717) is 12.3 Å². The SMILES string of the molecule is CC(C)(CNC(=O)C1CNc2ccccc2O1)S(C)(=O)=O. The Hall–Kier alpha value is -1.76. The molecule has 1 aromatic carbocycles. The lowest BCUT2D eigenvalue weighted by atomic mass is 10.2. The Morgan fingerprint density at radius 3 is 2.76 bits per heavy atom. The number of hydrogen-bond acceptors (Lipinski definition) is 5. The maximum Gasteiger partial charge on any atom is 0.263 e. The van der Waals surface area contributed by atoms with Gasteiger partial charge in [0, 0.05) is 12.8 Å². The van der Waals surface area contributed by atoms with E-state index >= 15 is 0 Å². The van der Waals surface area contributed by atoms with Crippen LogP contribution in [0.25, 0.3) is 0 Å². The second kappa shape index (κ2) is 5.55. The maximum absolute atomic E-state index is 12.1. The van der Waals surface area contributed by atoms with Gasteiger partial charge in [-0.05, 0) is 26.0 Å². The van der Waals surface area contributed by atoms with Gasteiger partial charge in [-0.25, -0.2) is 8.42 Å². The van der Waals surface area contributed by atoms with Crippen LogP contribution in [0, 0.1) is 0 Å². The first-order chi connectivity index (χ1) is 9.71. The van der Waals surface area contributed by atoms with Crippen LogP contribution in [-0.2, 0) is 14.6 Å². The van der Waals surface area contributed by atoms with E-state index in [1.165, 1.54) is 0 Å². The summed E-state index contributed by atoms with van der Waals surface area (Å²) in [6.07, 6.45) is 0.490. The minimum Gasteiger partial charge on any atom is -0.477 e. The number of sulfone groups is 1. The zero-order valence-corrected chi connectivity index (χ0v) is 13.2. The number of fused-ring (bicyclic) bond motifs is 1. The minimum absolute atomic E-state index is 0.0478. The van der Waals surface area contributed by atoms with Crippen molar-refractivity contribution in [2.45, 2.75) is 24.7 Å². The molecule has 0 saturated heterocycles. The van der Waals surface area contributed by atoms with E-state index in [0.717, 1.165) is 11.9 Å². The summed E-state index contributed by atoms with van der Waals surface area (Å²) in [5.41, 5.74) is 0.845. The molecule has 0 bridgehead atoms. The Balaban J connectivity index is 1.97. The molecule has 0 spiro atoms. The molecular weight excluding hydrogens is 292 g/mol. The number of para-hydroxylation sites is 2. The number of anilines is 1. The fraction of sp³-hybridized carbons (Fsp3) is 0.500. The monoisotopic (exact) mass is 312 g/mol. The maximum atomic E-state index is 12.1. The molecule has 1 heterocycles. The van der Waals surface area contributed by atoms with E-state index in [-0.39, 0.29) is 12.5 Å². The van der Waals surface area contributed by atoms with Gasteiger partial charge in [0.15, 0.2) is 15.9 Å². The van der Waals surface area contributed by atoms with Crippen LogP contribution in [0.1, 0.15) is 13.8 Å². The highest BCUT2D eigenvalue weighted by atomic mass is 32.2. The smallest absolute Gasteiger partial charge is 0.263 e. The predicted octanol–water partition coefficient (Wildman–Crippen LogP) is 0.799. The highest BCUT2D eigenvalue weighted by Gasteiger charge is 2.32. The zero-order valence-electron chi connectivity index (χ0n) is 12.3. The molecule has 1 amide bonds. The number of rotatable bonds is 4. The van der Waals surface area contributed by atoms with Gasteiger partial charge in [-0.15, -0.1) is 0 Å². The fourth-order valence-electron chi connectivity index (χ4n) is 1.80. The molecule has 0 aromatic heterocycles. The van der Waals surface area contributed by atoms with Crippen molar-refractivity contribution >= 4 is 21.4 Å². The molecular formula is C14H20N2O4S. The largest absolute Gasteiger partial charge is 0.477 e. The molecule has 1 unspecified atom stereocenters. The zero-order chi connectivity index (χ0) is 15.7. The molecule has 2 N–H and O–H groups in total. The van der Waals surface area contributed by atoms with E-state index < -0.39 is 20.7 Å². The number of carbonyl (C=O) groups is 1. The molecule has 7 heteroatoms. The van der Waals surface area contributed by atoms with Crippen molar-refractivity contribution < 1.29 is 17.9 Å². The van der Waals surface area contributed by atoms with Crippen molar-refractivity contribution in [3.8, 4) is 5.75 Å². The van der Waals surface area contributed by atoms with Gasteiger partial charge in [-0.3, -0.25) is 4.79 Å². The summed E-state index contributed by atoms with van der Waals surface area (Å²) < 4.78 is 27.8. The van der Waals surface area contributed by atoms with E-state index in [1.54, 1.807) is 19.9 Å². The highest BCUT2D eigenvalue weighted by molar-refractivity contribution is 7.92. The van der Waals surface area contributed by atoms with Gasteiger partial charge < -0.3 is 15.4 Å². The topological polar surface area (TPSA) is 84.5 Å². The first kappa shape index (κ1) is 15.6. The first-order valence-corrected chi connectivity index (χ1v) is 8.57. The molecule has 0 fully saturated rings. The van der Waals surface area contributed by atoms with Crippen LogP contribution in [0.2, 0.25) is 0 Å². The third kappa shape index (κ3) is 3.47. The van der Waals surface area contributed by atoms with Crippen molar-refractivity contribution in [2.24, 2.45) is 0 Å². The fourth-order valence-corrected chi connectivity index (χ4v) is 2.14. The lowest BCUT2D eigenvalue weighted by Crippen LogP contribution is -2.50. The Bertz CT molecular complexity index is 640. The summed E-state index contributed by atoms with van der Waals surface area (Å²) in [5, 5.41) is 5.76. The number of hydrogen-bond donors (Lipinski definition) is 2. The van der Waals surface area contributed by atoms with Gasteiger partial charge in [0.1, 0.15) is 5.75 Å². The molecule has 21 heavy (non-hydrogen) atoms. The predicted molar refractivity (Wildman–Crippen MR) is 81.3 cm³/mol. The van der Waals surface area contributed by atoms with Crippen LogP contribution in [-0.4, -0.2) is 44.5 Å². The highest BCUT2D eigenvalue weighted by Crippen LogP contribution is 2.28. The molecule has 1 atom stereocenters. The molecule has 6 nitrogen and oxygen atoms in total. The quantitative estimate of drug-likeness (QED) is 0.859. The summed E-state index contributed by atoms with van der Waals surface area (Å²) in [5.74, 6) is 0.292. The van der Waals surface area contributed by atoms with Gasteiger partial charge in [0.25, 0.3) is 5.91 Å². The van der Waals surface area contributed by atoms with Crippen molar-refractivity contribution in [3.05, 3.63) is 24.3 Å². The summed E-state index contributed by atoms with van der Waals surface area (Å²) in [6, 6.07) is 7.36. The Kier molecular flexibility index (Phi) is 4.13.